The van der Waals surface area contributed by atoms with Gasteiger partial charge in [-0.3, -0.25) is 4.79 Å². The van der Waals surface area contributed by atoms with Gasteiger partial charge in [-0.15, -0.1) is 11.3 Å². The Morgan fingerprint density at radius 1 is 1.12 bits per heavy atom. The molecule has 1 aromatic heterocycles. The lowest BCUT2D eigenvalue weighted by Gasteiger charge is -2.26. The highest BCUT2D eigenvalue weighted by Crippen LogP contribution is 2.17. The summed E-state index contributed by atoms with van der Waals surface area (Å²) in [4.78, 5) is 30.5. The zero-order valence-corrected chi connectivity index (χ0v) is 14.1. The van der Waals surface area contributed by atoms with Crippen molar-refractivity contribution in [2.24, 2.45) is 0 Å². The van der Waals surface area contributed by atoms with Crippen LogP contribution in [0.2, 0.25) is 0 Å². The number of benzene rings is 1. The Kier molecular flexibility index (Phi) is 5.07. The van der Waals surface area contributed by atoms with Crippen LogP contribution in [-0.4, -0.2) is 48.1 Å². The van der Waals surface area contributed by atoms with Crippen LogP contribution in [0.25, 0.3) is 0 Å². The number of nitrogens with zero attached hydrogens (tertiary/aromatic N) is 2. The van der Waals surface area contributed by atoms with Crippen LogP contribution in [0.4, 0.5) is 16.2 Å². The number of amides is 3. The summed E-state index contributed by atoms with van der Waals surface area (Å²) in [6.45, 7) is 4.17. The largest absolute Gasteiger partial charge is 0.378 e. The lowest BCUT2D eigenvalue weighted by molar-refractivity contribution is 0.0564. The Morgan fingerprint density at radius 2 is 1.75 bits per heavy atom. The summed E-state index contributed by atoms with van der Waals surface area (Å²) in [5, 5.41) is 6.49. The van der Waals surface area contributed by atoms with E-state index in [2.05, 4.69) is 15.6 Å². The minimum absolute atomic E-state index is 0.143. The minimum atomic E-state index is -0.189. The number of thiazole rings is 1. The molecule has 0 radical (unpaired) electrons. The van der Waals surface area contributed by atoms with Gasteiger partial charge in [0.1, 0.15) is 4.88 Å². The fourth-order valence-corrected chi connectivity index (χ4v) is 2.94. The number of hydrogen-bond acceptors (Lipinski definition) is 5. The molecule has 0 bridgehead atoms. The molecular formula is C16H18N4O3S. The molecule has 1 aliphatic heterocycles. The van der Waals surface area contributed by atoms with E-state index in [0.29, 0.717) is 42.6 Å². The number of aryl methyl sites for hydroxylation is 1. The fourth-order valence-electron chi connectivity index (χ4n) is 2.26. The maximum absolute atomic E-state index is 12.1. The molecular weight excluding hydrogens is 328 g/mol. The minimum Gasteiger partial charge on any atom is -0.378 e. The van der Waals surface area contributed by atoms with Crippen LogP contribution in [-0.2, 0) is 4.74 Å². The van der Waals surface area contributed by atoms with Gasteiger partial charge in [0.05, 0.1) is 24.4 Å². The van der Waals surface area contributed by atoms with Crippen LogP contribution < -0.4 is 10.6 Å². The fraction of sp³-hybridized carbons (Fsp3) is 0.312. The van der Waals surface area contributed by atoms with Gasteiger partial charge in [0, 0.05) is 24.5 Å². The van der Waals surface area contributed by atoms with Crippen molar-refractivity contribution in [2.45, 2.75) is 6.92 Å². The topological polar surface area (TPSA) is 83.6 Å². The highest BCUT2D eigenvalue weighted by atomic mass is 32.1. The third-order valence-electron chi connectivity index (χ3n) is 3.54. The van der Waals surface area contributed by atoms with Crippen molar-refractivity contribution in [1.82, 2.24) is 9.88 Å². The van der Waals surface area contributed by atoms with E-state index < -0.39 is 0 Å². The van der Waals surface area contributed by atoms with E-state index in [4.69, 9.17) is 4.74 Å². The first kappa shape index (κ1) is 16.4. The van der Waals surface area contributed by atoms with Gasteiger partial charge in [-0.1, -0.05) is 0 Å². The maximum Gasteiger partial charge on any atom is 0.321 e. The summed E-state index contributed by atoms with van der Waals surface area (Å²) in [6.07, 6.45) is 1.56. The van der Waals surface area contributed by atoms with Crippen molar-refractivity contribution < 1.29 is 14.3 Å². The van der Waals surface area contributed by atoms with Crippen molar-refractivity contribution >= 4 is 34.6 Å². The molecule has 7 nitrogen and oxygen atoms in total. The first-order chi connectivity index (χ1) is 11.6. The van der Waals surface area contributed by atoms with E-state index in [1.165, 1.54) is 11.3 Å². The number of carbonyl (C=O) groups is 2. The van der Waals surface area contributed by atoms with Gasteiger partial charge in [-0.05, 0) is 31.2 Å². The highest BCUT2D eigenvalue weighted by Gasteiger charge is 2.16. The summed E-state index contributed by atoms with van der Waals surface area (Å²) in [5.41, 5.74) is 1.34. The Bertz CT molecular complexity index is 723. The zero-order valence-electron chi connectivity index (χ0n) is 13.2. The second-order valence-electron chi connectivity index (χ2n) is 5.30. The lowest BCUT2D eigenvalue weighted by atomic mass is 10.2. The van der Waals surface area contributed by atoms with Crippen molar-refractivity contribution in [3.63, 3.8) is 0 Å². The van der Waals surface area contributed by atoms with Gasteiger partial charge < -0.3 is 20.3 Å². The molecule has 3 amide bonds. The number of nitrogens with one attached hydrogen (secondary N) is 2. The first-order valence-corrected chi connectivity index (χ1v) is 8.41. The predicted octanol–water partition coefficient (Wildman–Crippen LogP) is 2.57. The molecule has 1 aliphatic rings. The highest BCUT2D eigenvalue weighted by molar-refractivity contribution is 7.13. The molecule has 0 spiro atoms. The van der Waals surface area contributed by atoms with Crippen LogP contribution in [0, 0.1) is 6.92 Å². The molecule has 24 heavy (non-hydrogen) atoms. The second kappa shape index (κ2) is 7.41. The smallest absolute Gasteiger partial charge is 0.321 e. The van der Waals surface area contributed by atoms with Crippen molar-refractivity contribution in [1.29, 1.82) is 0 Å². The van der Waals surface area contributed by atoms with Crippen LogP contribution in [0.15, 0.2) is 30.5 Å². The van der Waals surface area contributed by atoms with Gasteiger partial charge in [0.25, 0.3) is 5.91 Å². The van der Waals surface area contributed by atoms with Gasteiger partial charge in [-0.25, -0.2) is 9.78 Å². The van der Waals surface area contributed by atoms with E-state index in [1.54, 1.807) is 35.4 Å². The molecule has 1 fully saturated rings. The number of morpholine rings is 1. The van der Waals surface area contributed by atoms with Crippen LogP contribution >= 0.6 is 11.3 Å². The van der Waals surface area contributed by atoms with Gasteiger partial charge in [0.15, 0.2) is 0 Å². The zero-order chi connectivity index (χ0) is 16.9. The molecule has 0 aliphatic carbocycles. The van der Waals surface area contributed by atoms with E-state index in [9.17, 15) is 9.59 Å². The molecule has 3 rings (SSSR count). The summed E-state index contributed by atoms with van der Waals surface area (Å²) in [7, 11) is 0. The molecule has 2 aromatic rings. The number of anilines is 2. The molecule has 0 saturated carbocycles. The van der Waals surface area contributed by atoms with Crippen LogP contribution in [0.1, 0.15) is 14.7 Å². The average molecular weight is 346 g/mol. The number of urea groups is 1. The molecule has 126 valence electrons. The third-order valence-corrected chi connectivity index (χ3v) is 4.45. The van der Waals surface area contributed by atoms with Crippen molar-refractivity contribution in [3.8, 4) is 0 Å². The van der Waals surface area contributed by atoms with Crippen LogP contribution in [0.3, 0.4) is 0 Å². The standard InChI is InChI=1S/C16H18N4O3S/c1-11-17-10-14(24-11)15(21)18-12-2-4-13(5-3-12)19-16(22)20-6-8-23-9-7-20/h2-5,10H,6-9H2,1H3,(H,18,21)(H,19,22). The lowest BCUT2D eigenvalue weighted by Crippen LogP contribution is -2.43. The number of rotatable bonds is 3. The molecule has 1 saturated heterocycles. The van der Waals surface area contributed by atoms with Gasteiger partial charge in [-0.2, -0.15) is 0 Å². The SMILES string of the molecule is Cc1ncc(C(=O)Nc2ccc(NC(=O)N3CCOCC3)cc2)s1. The molecule has 2 N–H and O–H groups in total. The predicted molar refractivity (Wildman–Crippen MR) is 92.7 cm³/mol. The van der Waals surface area contributed by atoms with E-state index >= 15 is 0 Å². The number of ether oxygens (including phenoxy) is 1. The normalized spacial score (nSPS) is 14.3. The van der Waals surface area contributed by atoms with Gasteiger partial charge in [0.2, 0.25) is 0 Å². The summed E-state index contributed by atoms with van der Waals surface area (Å²) in [6, 6.07) is 6.87. The van der Waals surface area contributed by atoms with Crippen molar-refractivity contribution in [3.05, 3.63) is 40.3 Å². The average Bonchev–Trinajstić information content (AvgIpc) is 3.04. The number of carbonyl (C=O) groups excluding carboxylic acids is 2. The molecule has 0 atom stereocenters. The Morgan fingerprint density at radius 3 is 2.33 bits per heavy atom. The Balaban J connectivity index is 1.56. The molecule has 0 unspecified atom stereocenters. The number of hydrogen-bond donors (Lipinski definition) is 2. The molecule has 1 aromatic carbocycles. The molecule has 8 heteroatoms. The maximum atomic E-state index is 12.1. The van der Waals surface area contributed by atoms with E-state index in [-0.39, 0.29) is 11.9 Å². The van der Waals surface area contributed by atoms with Gasteiger partial charge >= 0.3 is 6.03 Å². The summed E-state index contributed by atoms with van der Waals surface area (Å²) >= 11 is 1.35. The third kappa shape index (κ3) is 4.09. The van der Waals surface area contributed by atoms with Crippen molar-refractivity contribution in [2.75, 3.05) is 36.9 Å². The first-order valence-electron chi connectivity index (χ1n) is 7.59. The second-order valence-corrected chi connectivity index (χ2v) is 6.54. The summed E-state index contributed by atoms with van der Waals surface area (Å²) < 4.78 is 5.23. The number of aromatic nitrogens is 1. The monoisotopic (exact) mass is 346 g/mol. The Labute approximate surface area is 143 Å². The summed E-state index contributed by atoms with van der Waals surface area (Å²) in [5.74, 6) is -0.189. The van der Waals surface area contributed by atoms with E-state index in [0.717, 1.165) is 5.01 Å². The quantitative estimate of drug-likeness (QED) is 0.895. The van der Waals surface area contributed by atoms with E-state index in [1.807, 2.05) is 6.92 Å². The van der Waals surface area contributed by atoms with Crippen LogP contribution in [0.5, 0.6) is 0 Å². The molecule has 2 heterocycles. The Hall–Kier alpha value is -2.45.